The summed E-state index contributed by atoms with van der Waals surface area (Å²) in [5.41, 5.74) is -0.0685. The number of fused-ring (bicyclic) bond motifs is 1. The normalized spacial score (nSPS) is 12.4. The smallest absolute Gasteiger partial charge is 0.322 e. The molecular formula is C24H37N5O6. The number of hydrogen-bond donors (Lipinski definition) is 3. The van der Waals surface area contributed by atoms with Gasteiger partial charge in [0, 0.05) is 18.4 Å². The van der Waals surface area contributed by atoms with Crippen molar-refractivity contribution < 1.29 is 29.0 Å². The Morgan fingerprint density at radius 2 is 1.83 bits per heavy atom. The van der Waals surface area contributed by atoms with Crippen molar-refractivity contribution in [3.63, 3.8) is 0 Å². The van der Waals surface area contributed by atoms with Crippen molar-refractivity contribution in [1.29, 1.82) is 0 Å². The number of carbonyl (C=O) groups excluding carboxylic acids is 3. The maximum absolute atomic E-state index is 12.2. The van der Waals surface area contributed by atoms with Gasteiger partial charge in [-0.2, -0.15) is 0 Å². The monoisotopic (exact) mass is 491 g/mol. The first-order valence-electron chi connectivity index (χ1n) is 11.8. The second kappa shape index (κ2) is 13.0. The van der Waals surface area contributed by atoms with E-state index in [1.165, 1.54) is 14.2 Å². The zero-order chi connectivity index (χ0) is 26.0. The molecule has 0 bridgehead atoms. The second-order valence-electron chi connectivity index (χ2n) is 9.40. The van der Waals surface area contributed by atoms with E-state index in [9.17, 15) is 19.5 Å². The predicted molar refractivity (Wildman–Crippen MR) is 130 cm³/mol. The van der Waals surface area contributed by atoms with Gasteiger partial charge in [0.2, 0.25) is 11.8 Å². The van der Waals surface area contributed by atoms with E-state index < -0.39 is 17.4 Å². The van der Waals surface area contributed by atoms with E-state index in [4.69, 9.17) is 4.74 Å². The van der Waals surface area contributed by atoms with Gasteiger partial charge in [0.25, 0.3) is 0 Å². The summed E-state index contributed by atoms with van der Waals surface area (Å²) in [6, 6.07) is 1.09. The Hall–Kier alpha value is -3.21. The predicted octanol–water partition coefficient (Wildman–Crippen LogP) is 2.72. The number of esters is 2. The van der Waals surface area contributed by atoms with E-state index >= 15 is 0 Å². The molecule has 0 unspecified atom stereocenters. The summed E-state index contributed by atoms with van der Waals surface area (Å²) < 4.78 is 11.1. The number of methoxy groups -OCH3 is 2. The lowest BCUT2D eigenvalue weighted by Gasteiger charge is -2.16. The third-order valence-electron chi connectivity index (χ3n) is 5.57. The van der Waals surface area contributed by atoms with Gasteiger partial charge in [-0.25, -0.2) is 9.97 Å². The second-order valence-corrected chi connectivity index (χ2v) is 9.40. The average Bonchev–Trinajstić information content (AvgIpc) is 3.23. The highest BCUT2D eigenvalue weighted by molar-refractivity contribution is 5.94. The number of hydrogen-bond acceptors (Lipinski definition) is 9. The van der Waals surface area contributed by atoms with Crippen LogP contribution in [0.2, 0.25) is 0 Å². The minimum absolute atomic E-state index is 0.0620. The van der Waals surface area contributed by atoms with Crippen LogP contribution in [0, 0.1) is 5.41 Å². The van der Waals surface area contributed by atoms with Gasteiger partial charge in [0.05, 0.1) is 26.1 Å². The van der Waals surface area contributed by atoms with Crippen LogP contribution in [0.4, 0.5) is 5.82 Å². The number of aromatic nitrogens is 3. The lowest BCUT2D eigenvalue weighted by molar-refractivity contribution is -0.144. The number of aryl methyl sites for hydroxylation is 1. The highest BCUT2D eigenvalue weighted by atomic mass is 16.5. The maximum atomic E-state index is 12.2. The largest absolute Gasteiger partial charge is 0.494 e. The molecule has 35 heavy (non-hydrogen) atoms. The quantitative estimate of drug-likeness (QED) is 0.284. The summed E-state index contributed by atoms with van der Waals surface area (Å²) in [6.07, 6.45) is 5.54. The molecule has 2 aliphatic rings. The number of nitrogens with zero attached hydrogens (tertiary/aromatic N) is 3. The number of rotatable bonds is 13. The number of carbonyl (C=O) groups is 3. The van der Waals surface area contributed by atoms with Crippen LogP contribution < -0.4 is 10.6 Å². The van der Waals surface area contributed by atoms with E-state index in [1.807, 2.05) is 20.8 Å². The molecule has 0 spiro atoms. The molecule has 0 radical (unpaired) electrons. The molecule has 3 N–H and O–H groups in total. The summed E-state index contributed by atoms with van der Waals surface area (Å²) in [4.78, 5) is 43.9. The first-order valence-corrected chi connectivity index (χ1v) is 11.8. The van der Waals surface area contributed by atoms with Gasteiger partial charge >= 0.3 is 11.9 Å². The van der Waals surface area contributed by atoms with Crippen LogP contribution >= 0.6 is 0 Å². The van der Waals surface area contributed by atoms with Crippen molar-refractivity contribution in [2.45, 2.75) is 71.9 Å². The molecule has 1 amide bonds. The highest BCUT2D eigenvalue weighted by Crippen LogP contribution is 2.32. The van der Waals surface area contributed by atoms with Crippen LogP contribution in [0.25, 0.3) is 11.4 Å². The Morgan fingerprint density at radius 1 is 1.11 bits per heavy atom. The summed E-state index contributed by atoms with van der Waals surface area (Å²) in [5.74, 6) is -0.119. The Bertz CT molecular complexity index is 968. The van der Waals surface area contributed by atoms with Gasteiger partial charge in [-0.05, 0) is 31.9 Å². The van der Waals surface area contributed by atoms with Crippen molar-refractivity contribution in [1.82, 2.24) is 19.9 Å². The lowest BCUT2D eigenvalue weighted by atomic mass is 9.96. The standard InChI is InChI=1S/C24H37N5O6/c1-24(2,3)23(33)28-18-14-16-20(27-18)26-15-29(21(16)31)13-9-7-6-8-12-25-17(22(32)35-5)10-11-19(30)34-4/h14-15,17,25,31H,6-13H2,1-5H3,(H,28,33)/t17-/m0/s1. The van der Waals surface area contributed by atoms with Gasteiger partial charge < -0.3 is 29.8 Å². The van der Waals surface area contributed by atoms with Crippen LogP contribution in [0.1, 0.15) is 59.3 Å². The van der Waals surface area contributed by atoms with Crippen molar-refractivity contribution in [3.05, 3.63) is 12.4 Å². The van der Waals surface area contributed by atoms with Crippen LogP contribution in [0.15, 0.2) is 12.4 Å². The number of nitrogens with one attached hydrogen (secondary N) is 2. The van der Waals surface area contributed by atoms with Crippen molar-refractivity contribution in [3.8, 4) is 17.3 Å². The summed E-state index contributed by atoms with van der Waals surface area (Å²) in [5, 5.41) is 16.5. The van der Waals surface area contributed by atoms with Gasteiger partial charge in [-0.1, -0.05) is 33.6 Å². The minimum atomic E-state index is -0.556. The molecule has 0 aromatic carbocycles. The Labute approximate surface area is 206 Å². The third kappa shape index (κ3) is 8.50. The number of unbranched alkanes of at least 4 members (excludes halogenated alkanes) is 3. The molecule has 1 atom stereocenters. The Balaban J connectivity index is 1.78. The van der Waals surface area contributed by atoms with Crippen LogP contribution in [0.5, 0.6) is 5.88 Å². The number of anilines is 1. The maximum Gasteiger partial charge on any atom is 0.322 e. The highest BCUT2D eigenvalue weighted by Gasteiger charge is 2.24. The molecule has 2 rings (SSSR count). The molecule has 2 heterocycles. The summed E-state index contributed by atoms with van der Waals surface area (Å²) >= 11 is 0. The SMILES string of the molecule is COC(=O)CC[C@H](NCCCCCCn1cnc2nc(NC(=O)C(C)(C)C)cc-2c1O)C(=O)OC. The third-order valence-corrected chi connectivity index (χ3v) is 5.57. The topological polar surface area (TPSA) is 145 Å². The zero-order valence-corrected chi connectivity index (χ0v) is 21.2. The molecular weight excluding hydrogens is 454 g/mol. The molecule has 0 saturated carbocycles. The van der Waals surface area contributed by atoms with E-state index in [0.717, 1.165) is 25.7 Å². The molecule has 0 fully saturated rings. The minimum Gasteiger partial charge on any atom is -0.494 e. The number of amides is 1. The van der Waals surface area contributed by atoms with E-state index in [2.05, 4.69) is 25.3 Å². The average molecular weight is 492 g/mol. The molecule has 0 saturated heterocycles. The fraction of sp³-hybridized carbons (Fsp3) is 0.625. The van der Waals surface area contributed by atoms with E-state index in [-0.39, 0.29) is 24.2 Å². The summed E-state index contributed by atoms with van der Waals surface area (Å²) in [7, 11) is 2.64. The van der Waals surface area contributed by atoms with E-state index in [1.54, 1.807) is 17.0 Å². The summed E-state index contributed by atoms with van der Waals surface area (Å²) in [6.45, 7) is 6.64. The van der Waals surface area contributed by atoms with Gasteiger partial charge in [-0.15, -0.1) is 0 Å². The molecule has 0 aromatic rings. The number of ether oxygens (including phenoxy) is 2. The van der Waals surface area contributed by atoms with Gasteiger partial charge in [0.1, 0.15) is 11.9 Å². The van der Waals surface area contributed by atoms with Gasteiger partial charge in [-0.3, -0.25) is 14.4 Å². The van der Waals surface area contributed by atoms with Crippen LogP contribution in [-0.4, -0.2) is 64.3 Å². The van der Waals surface area contributed by atoms with Crippen molar-refractivity contribution in [2.24, 2.45) is 5.41 Å². The zero-order valence-electron chi connectivity index (χ0n) is 21.2. The molecule has 0 aliphatic carbocycles. The molecule has 2 aliphatic heterocycles. The molecule has 11 nitrogen and oxygen atoms in total. The lowest BCUT2D eigenvalue weighted by Crippen LogP contribution is -2.38. The fourth-order valence-electron chi connectivity index (χ4n) is 3.38. The van der Waals surface area contributed by atoms with Crippen LogP contribution in [0.3, 0.4) is 0 Å². The van der Waals surface area contributed by atoms with Crippen molar-refractivity contribution >= 4 is 23.7 Å². The fourth-order valence-corrected chi connectivity index (χ4v) is 3.38. The van der Waals surface area contributed by atoms with Crippen LogP contribution in [-0.2, 0) is 30.4 Å². The Kier molecular flexibility index (Phi) is 10.4. The molecule has 194 valence electrons. The van der Waals surface area contributed by atoms with Crippen molar-refractivity contribution in [2.75, 3.05) is 26.1 Å². The first-order chi connectivity index (χ1) is 16.6. The first kappa shape index (κ1) is 28.0. The number of aromatic hydroxyl groups is 1. The van der Waals surface area contributed by atoms with Gasteiger partial charge in [0.15, 0.2) is 5.82 Å². The Morgan fingerprint density at radius 3 is 2.49 bits per heavy atom. The molecule has 11 heteroatoms. The molecule has 0 aromatic heterocycles. The van der Waals surface area contributed by atoms with E-state index in [0.29, 0.717) is 36.7 Å².